The highest BCUT2D eigenvalue weighted by Crippen LogP contribution is 2.33. The Kier molecular flexibility index (Phi) is 3.64. The molecule has 0 bridgehead atoms. The minimum absolute atomic E-state index is 0.0627. The first-order valence-corrected chi connectivity index (χ1v) is 7.54. The Morgan fingerprint density at radius 1 is 1.42 bits per heavy atom. The van der Waals surface area contributed by atoms with Crippen LogP contribution in [0.3, 0.4) is 0 Å². The number of rotatable bonds is 5. The van der Waals surface area contributed by atoms with Gasteiger partial charge in [0.2, 0.25) is 10.0 Å². The fraction of sp³-hybridized carbons (Fsp3) is 0.417. The van der Waals surface area contributed by atoms with Gasteiger partial charge in [0, 0.05) is 18.3 Å². The molecule has 7 heteroatoms. The Morgan fingerprint density at radius 3 is 2.58 bits per heavy atom. The summed E-state index contributed by atoms with van der Waals surface area (Å²) < 4.78 is 22.6. The topological polar surface area (TPSA) is 113 Å². The number of nitriles is 1. The molecule has 6 nitrogen and oxygen atoms in total. The number of hydrogen-bond acceptors (Lipinski definition) is 5. The molecule has 0 unspecified atom stereocenters. The van der Waals surface area contributed by atoms with E-state index in [9.17, 15) is 8.42 Å². The van der Waals surface area contributed by atoms with Crippen molar-refractivity contribution in [2.24, 2.45) is 5.14 Å². The van der Waals surface area contributed by atoms with Crippen LogP contribution in [0.2, 0.25) is 0 Å². The highest BCUT2D eigenvalue weighted by Gasteiger charge is 2.29. The molecule has 19 heavy (non-hydrogen) atoms. The fourth-order valence-electron chi connectivity index (χ4n) is 2.05. The lowest BCUT2D eigenvalue weighted by atomic mass is 10.2. The SMILES string of the molecule is N#CCCN(c1ccc(S(N)(=O)=O)c(N)c1)C1CC1. The van der Waals surface area contributed by atoms with E-state index in [2.05, 4.69) is 11.0 Å². The lowest BCUT2D eigenvalue weighted by molar-refractivity contribution is 0.598. The molecule has 102 valence electrons. The zero-order valence-electron chi connectivity index (χ0n) is 10.4. The summed E-state index contributed by atoms with van der Waals surface area (Å²) in [6.07, 6.45) is 2.60. The minimum atomic E-state index is -3.79. The van der Waals surface area contributed by atoms with Gasteiger partial charge in [-0.25, -0.2) is 13.6 Å². The average molecular weight is 280 g/mol. The summed E-state index contributed by atoms with van der Waals surface area (Å²) >= 11 is 0. The molecular weight excluding hydrogens is 264 g/mol. The van der Waals surface area contributed by atoms with E-state index in [0.717, 1.165) is 18.5 Å². The number of primary sulfonamides is 1. The molecule has 1 aromatic rings. The standard InChI is InChI=1S/C12H16N4O2S/c13-6-1-7-16(9-2-3-9)10-4-5-12(11(14)8-10)19(15,17)18/h4-5,8-9H,1-3,7,14H2,(H2,15,17,18). The maximum Gasteiger partial charge on any atom is 0.240 e. The van der Waals surface area contributed by atoms with Crippen molar-refractivity contribution >= 4 is 21.4 Å². The number of nitrogens with zero attached hydrogens (tertiary/aromatic N) is 2. The van der Waals surface area contributed by atoms with Crippen molar-refractivity contribution in [3.63, 3.8) is 0 Å². The molecule has 2 rings (SSSR count). The Balaban J connectivity index is 2.30. The molecule has 1 aromatic carbocycles. The lowest BCUT2D eigenvalue weighted by Gasteiger charge is -2.24. The normalized spacial score (nSPS) is 14.9. The van der Waals surface area contributed by atoms with Gasteiger partial charge in [-0.1, -0.05) is 0 Å². The molecule has 1 saturated carbocycles. The molecule has 0 amide bonds. The number of nitrogens with two attached hydrogens (primary N) is 2. The molecule has 0 heterocycles. The van der Waals surface area contributed by atoms with E-state index >= 15 is 0 Å². The minimum Gasteiger partial charge on any atom is -0.398 e. The maximum atomic E-state index is 11.3. The van der Waals surface area contributed by atoms with E-state index in [1.54, 1.807) is 12.1 Å². The van der Waals surface area contributed by atoms with Crippen molar-refractivity contribution in [2.75, 3.05) is 17.2 Å². The summed E-state index contributed by atoms with van der Waals surface area (Å²) in [6.45, 7) is 0.620. The van der Waals surface area contributed by atoms with Crippen LogP contribution >= 0.6 is 0 Å². The van der Waals surface area contributed by atoms with E-state index in [0.29, 0.717) is 19.0 Å². The van der Waals surface area contributed by atoms with Crippen molar-refractivity contribution in [1.29, 1.82) is 5.26 Å². The van der Waals surface area contributed by atoms with Gasteiger partial charge in [0.05, 0.1) is 18.2 Å². The maximum absolute atomic E-state index is 11.3. The van der Waals surface area contributed by atoms with Gasteiger partial charge in [-0.3, -0.25) is 0 Å². The summed E-state index contributed by atoms with van der Waals surface area (Å²) in [6, 6.07) is 7.25. The van der Waals surface area contributed by atoms with Crippen LogP contribution < -0.4 is 15.8 Å². The molecular formula is C12H16N4O2S. The molecule has 1 aliphatic carbocycles. The number of nitrogen functional groups attached to an aromatic ring is 1. The van der Waals surface area contributed by atoms with Gasteiger partial charge in [-0.05, 0) is 31.0 Å². The fourth-order valence-corrected chi connectivity index (χ4v) is 2.70. The van der Waals surface area contributed by atoms with Crippen LogP contribution in [0.15, 0.2) is 23.1 Å². The summed E-state index contributed by atoms with van der Waals surface area (Å²) in [5.74, 6) is 0. The van der Waals surface area contributed by atoms with Gasteiger partial charge in [-0.15, -0.1) is 0 Å². The van der Waals surface area contributed by atoms with E-state index in [1.165, 1.54) is 6.07 Å². The number of benzene rings is 1. The van der Waals surface area contributed by atoms with Crippen LogP contribution in [-0.4, -0.2) is 21.0 Å². The average Bonchev–Trinajstić information content (AvgIpc) is 3.12. The van der Waals surface area contributed by atoms with Gasteiger partial charge >= 0.3 is 0 Å². The van der Waals surface area contributed by atoms with E-state index in [4.69, 9.17) is 16.1 Å². The zero-order chi connectivity index (χ0) is 14.0. The number of hydrogen-bond donors (Lipinski definition) is 2. The molecule has 0 spiro atoms. The van der Waals surface area contributed by atoms with Crippen molar-refractivity contribution in [2.45, 2.75) is 30.2 Å². The van der Waals surface area contributed by atoms with Gasteiger partial charge in [0.1, 0.15) is 4.90 Å². The second kappa shape index (κ2) is 5.07. The van der Waals surface area contributed by atoms with Crippen LogP contribution in [0, 0.1) is 11.3 Å². The van der Waals surface area contributed by atoms with E-state index in [1.807, 2.05) is 0 Å². The quantitative estimate of drug-likeness (QED) is 0.774. The number of sulfonamides is 1. The Bertz CT molecular complexity index is 617. The third-order valence-electron chi connectivity index (χ3n) is 3.08. The third-order valence-corrected chi connectivity index (χ3v) is 4.07. The lowest BCUT2D eigenvalue weighted by Crippen LogP contribution is -2.27. The van der Waals surface area contributed by atoms with Crippen LogP contribution in [0.25, 0.3) is 0 Å². The predicted molar refractivity (Wildman–Crippen MR) is 72.8 cm³/mol. The van der Waals surface area contributed by atoms with Gasteiger partial charge < -0.3 is 10.6 Å². The van der Waals surface area contributed by atoms with Crippen molar-refractivity contribution in [1.82, 2.24) is 0 Å². The first kappa shape index (κ1) is 13.6. The van der Waals surface area contributed by atoms with E-state index in [-0.39, 0.29) is 10.6 Å². The largest absolute Gasteiger partial charge is 0.398 e. The summed E-state index contributed by atoms with van der Waals surface area (Å²) in [4.78, 5) is 2.03. The van der Waals surface area contributed by atoms with Crippen LogP contribution in [0.4, 0.5) is 11.4 Å². The molecule has 1 aliphatic rings. The second-order valence-electron chi connectivity index (χ2n) is 4.60. The van der Waals surface area contributed by atoms with E-state index < -0.39 is 10.0 Å². The van der Waals surface area contributed by atoms with Crippen molar-refractivity contribution in [3.05, 3.63) is 18.2 Å². The van der Waals surface area contributed by atoms with Crippen molar-refractivity contribution < 1.29 is 8.42 Å². The van der Waals surface area contributed by atoms with Crippen LogP contribution in [-0.2, 0) is 10.0 Å². The summed E-state index contributed by atoms with van der Waals surface area (Å²) in [5, 5.41) is 13.7. The predicted octanol–water partition coefficient (Wildman–Crippen LogP) is 0.799. The summed E-state index contributed by atoms with van der Waals surface area (Å²) in [7, 11) is -3.79. The van der Waals surface area contributed by atoms with Crippen molar-refractivity contribution in [3.8, 4) is 6.07 Å². The smallest absolute Gasteiger partial charge is 0.240 e. The second-order valence-corrected chi connectivity index (χ2v) is 6.13. The monoisotopic (exact) mass is 280 g/mol. The van der Waals surface area contributed by atoms with Crippen LogP contribution in [0.1, 0.15) is 19.3 Å². The Labute approximate surface area is 112 Å². The molecule has 0 atom stereocenters. The molecule has 4 N–H and O–H groups in total. The zero-order valence-corrected chi connectivity index (χ0v) is 11.2. The Hall–Kier alpha value is -1.78. The highest BCUT2D eigenvalue weighted by molar-refractivity contribution is 7.89. The van der Waals surface area contributed by atoms with Crippen LogP contribution in [0.5, 0.6) is 0 Å². The third kappa shape index (κ3) is 3.16. The van der Waals surface area contributed by atoms with Gasteiger partial charge in [0.25, 0.3) is 0 Å². The summed E-state index contributed by atoms with van der Waals surface area (Å²) in [5.41, 5.74) is 6.72. The Morgan fingerprint density at radius 2 is 2.11 bits per heavy atom. The highest BCUT2D eigenvalue weighted by atomic mass is 32.2. The van der Waals surface area contributed by atoms with Gasteiger partial charge in [-0.2, -0.15) is 5.26 Å². The molecule has 0 aliphatic heterocycles. The molecule has 0 radical (unpaired) electrons. The first-order chi connectivity index (χ1) is 8.93. The molecule has 0 saturated heterocycles. The molecule has 1 fully saturated rings. The number of anilines is 2. The van der Waals surface area contributed by atoms with Gasteiger partial charge in [0.15, 0.2) is 0 Å². The molecule has 0 aromatic heterocycles. The first-order valence-electron chi connectivity index (χ1n) is 5.99.